The van der Waals surface area contributed by atoms with Crippen LogP contribution in [-0.2, 0) is 11.9 Å². The molecule has 0 fully saturated rings. The lowest BCUT2D eigenvalue weighted by atomic mass is 10.1. The maximum absolute atomic E-state index is 12.8. The number of benzene rings is 2. The summed E-state index contributed by atoms with van der Waals surface area (Å²) in [5.74, 6) is -0.101. The minimum atomic E-state index is -4.51. The second kappa shape index (κ2) is 8.28. The van der Waals surface area contributed by atoms with Gasteiger partial charge in [-0.15, -0.1) is 10.2 Å². The van der Waals surface area contributed by atoms with Crippen molar-refractivity contribution in [2.45, 2.75) is 16.3 Å². The molecule has 0 aliphatic heterocycles. The van der Waals surface area contributed by atoms with Gasteiger partial charge >= 0.3 is 6.18 Å². The number of aromatic nitrogens is 2. The van der Waals surface area contributed by atoms with E-state index in [0.717, 1.165) is 29.0 Å². The van der Waals surface area contributed by atoms with Crippen LogP contribution in [0.15, 0.2) is 52.9 Å². The summed E-state index contributed by atoms with van der Waals surface area (Å²) in [5, 5.41) is 11.1. The zero-order valence-corrected chi connectivity index (χ0v) is 15.8. The Morgan fingerprint density at radius 3 is 2.67 bits per heavy atom. The van der Waals surface area contributed by atoms with E-state index in [2.05, 4.69) is 15.5 Å². The van der Waals surface area contributed by atoms with Crippen LogP contribution in [0.2, 0.25) is 5.02 Å². The Labute approximate surface area is 165 Å². The summed E-state index contributed by atoms with van der Waals surface area (Å²) in [7, 11) is 0. The quantitative estimate of drug-likeness (QED) is 0.414. The molecular formula is C17H11ClF3N3OS2. The highest BCUT2D eigenvalue weighted by atomic mass is 35.5. The number of rotatable bonds is 5. The van der Waals surface area contributed by atoms with Crippen molar-refractivity contribution in [1.29, 1.82) is 0 Å². The summed E-state index contributed by atoms with van der Waals surface area (Å²) in [6.07, 6.45) is -4.51. The number of hydrogen-bond acceptors (Lipinski definition) is 5. The highest BCUT2D eigenvalue weighted by molar-refractivity contribution is 8.00. The summed E-state index contributed by atoms with van der Waals surface area (Å²) in [4.78, 5) is 12.2. The number of carbonyl (C=O) groups is 1. The Balaban J connectivity index is 1.64. The van der Waals surface area contributed by atoms with Gasteiger partial charge in [0.05, 0.1) is 5.56 Å². The minimum Gasteiger partial charge on any atom is -0.296 e. The molecule has 0 saturated heterocycles. The fourth-order valence-corrected chi connectivity index (χ4v) is 4.11. The number of nitrogens with one attached hydrogen (secondary N) is 1. The first-order chi connectivity index (χ1) is 12.8. The van der Waals surface area contributed by atoms with Crippen molar-refractivity contribution in [2.24, 2.45) is 0 Å². The number of nitrogens with zero attached hydrogens (tertiary/aromatic N) is 2. The molecule has 1 N–H and O–H groups in total. The molecule has 0 unspecified atom stereocenters. The molecule has 27 heavy (non-hydrogen) atoms. The minimum absolute atomic E-state index is 0.106. The molecular weight excluding hydrogens is 419 g/mol. The number of amides is 1. The fourth-order valence-electron chi connectivity index (χ4n) is 2.08. The largest absolute Gasteiger partial charge is 0.416 e. The van der Waals surface area contributed by atoms with Crippen LogP contribution in [0.25, 0.3) is 0 Å². The zero-order chi connectivity index (χ0) is 19.4. The molecule has 140 valence electrons. The number of anilines is 1. The van der Waals surface area contributed by atoms with Gasteiger partial charge in [0.1, 0.15) is 0 Å². The second-order valence-electron chi connectivity index (χ2n) is 5.29. The van der Waals surface area contributed by atoms with E-state index in [1.807, 2.05) is 18.2 Å². The Morgan fingerprint density at radius 2 is 1.93 bits per heavy atom. The third-order valence-corrected chi connectivity index (χ3v) is 5.78. The highest BCUT2D eigenvalue weighted by Gasteiger charge is 2.31. The number of halogens is 4. The van der Waals surface area contributed by atoms with E-state index in [1.54, 1.807) is 6.07 Å². The van der Waals surface area contributed by atoms with Gasteiger partial charge < -0.3 is 0 Å². The molecule has 1 amide bonds. The van der Waals surface area contributed by atoms with Crippen molar-refractivity contribution in [1.82, 2.24) is 10.2 Å². The Bertz CT molecular complexity index is 962. The molecule has 3 aromatic rings. The van der Waals surface area contributed by atoms with Gasteiger partial charge in [-0.3, -0.25) is 10.1 Å². The molecule has 0 atom stereocenters. The van der Waals surface area contributed by atoms with Crippen LogP contribution in [-0.4, -0.2) is 16.1 Å². The maximum Gasteiger partial charge on any atom is 0.416 e. The number of hydrogen-bond donors (Lipinski definition) is 1. The molecule has 0 bridgehead atoms. The van der Waals surface area contributed by atoms with Crippen LogP contribution < -0.4 is 5.32 Å². The van der Waals surface area contributed by atoms with E-state index in [4.69, 9.17) is 11.6 Å². The van der Waals surface area contributed by atoms with E-state index >= 15 is 0 Å². The van der Waals surface area contributed by atoms with Gasteiger partial charge in [-0.25, -0.2) is 0 Å². The van der Waals surface area contributed by atoms with Gasteiger partial charge in [-0.05, 0) is 29.8 Å². The zero-order valence-electron chi connectivity index (χ0n) is 13.5. The number of carbonyl (C=O) groups excluding carboxylic acids is 1. The molecule has 3 rings (SSSR count). The van der Waals surface area contributed by atoms with Gasteiger partial charge in [0.2, 0.25) is 5.13 Å². The first-order valence-corrected chi connectivity index (χ1v) is 9.69. The summed E-state index contributed by atoms with van der Waals surface area (Å²) in [6.45, 7) is 0. The van der Waals surface area contributed by atoms with E-state index in [-0.39, 0.29) is 10.7 Å². The fraction of sp³-hybridized carbons (Fsp3) is 0.118. The molecule has 10 heteroatoms. The number of thioether (sulfide) groups is 1. The molecule has 0 spiro atoms. The van der Waals surface area contributed by atoms with Crippen LogP contribution in [0.5, 0.6) is 0 Å². The van der Waals surface area contributed by atoms with Crippen LogP contribution in [0.4, 0.5) is 18.3 Å². The Hall–Kier alpha value is -2.10. The lowest BCUT2D eigenvalue weighted by Crippen LogP contribution is -2.13. The van der Waals surface area contributed by atoms with Crippen molar-refractivity contribution in [2.75, 3.05) is 5.32 Å². The molecule has 1 aromatic heterocycles. The molecule has 4 nitrogen and oxygen atoms in total. The highest BCUT2D eigenvalue weighted by Crippen LogP contribution is 2.31. The predicted molar refractivity (Wildman–Crippen MR) is 100 cm³/mol. The molecule has 0 aliphatic carbocycles. The van der Waals surface area contributed by atoms with Crippen molar-refractivity contribution in [3.8, 4) is 0 Å². The van der Waals surface area contributed by atoms with Crippen molar-refractivity contribution >= 4 is 45.7 Å². The van der Waals surface area contributed by atoms with Crippen LogP contribution in [0.3, 0.4) is 0 Å². The topological polar surface area (TPSA) is 54.9 Å². The molecule has 1 heterocycles. The van der Waals surface area contributed by atoms with E-state index in [0.29, 0.717) is 15.1 Å². The van der Waals surface area contributed by atoms with E-state index in [9.17, 15) is 18.0 Å². The molecule has 0 saturated carbocycles. The van der Waals surface area contributed by atoms with Crippen molar-refractivity contribution in [3.05, 3.63) is 70.2 Å². The average molecular weight is 430 g/mol. The number of alkyl halides is 3. The second-order valence-corrected chi connectivity index (χ2v) is 7.89. The van der Waals surface area contributed by atoms with E-state index < -0.39 is 17.6 Å². The van der Waals surface area contributed by atoms with Crippen molar-refractivity contribution in [3.63, 3.8) is 0 Å². The average Bonchev–Trinajstić information content (AvgIpc) is 3.08. The molecule has 0 aliphatic rings. The van der Waals surface area contributed by atoms with Crippen LogP contribution >= 0.6 is 34.7 Å². The van der Waals surface area contributed by atoms with Crippen LogP contribution in [0.1, 0.15) is 21.5 Å². The van der Waals surface area contributed by atoms with Gasteiger partial charge in [0, 0.05) is 16.3 Å². The van der Waals surface area contributed by atoms with Crippen LogP contribution in [0, 0.1) is 0 Å². The van der Waals surface area contributed by atoms with Crippen molar-refractivity contribution < 1.29 is 18.0 Å². The smallest absolute Gasteiger partial charge is 0.296 e. The summed E-state index contributed by atoms with van der Waals surface area (Å²) in [6, 6.07) is 11.6. The predicted octanol–water partition coefficient (Wildman–Crippen LogP) is 5.75. The van der Waals surface area contributed by atoms with Gasteiger partial charge in [-0.2, -0.15) is 13.2 Å². The van der Waals surface area contributed by atoms with Gasteiger partial charge in [-0.1, -0.05) is 59.0 Å². The van der Waals surface area contributed by atoms with E-state index in [1.165, 1.54) is 23.9 Å². The Kier molecular flexibility index (Phi) is 6.03. The molecule has 0 radical (unpaired) electrons. The normalized spacial score (nSPS) is 11.4. The standard InChI is InChI=1S/C17H11ClF3N3OS2/c18-13-7-2-1-4-11(13)9-26-16-24-23-15(27-16)22-14(25)10-5-3-6-12(8-10)17(19,20)21/h1-8H,9H2,(H,22,23,25). The third-order valence-electron chi connectivity index (χ3n) is 3.39. The lowest BCUT2D eigenvalue weighted by Gasteiger charge is -2.08. The first-order valence-electron chi connectivity index (χ1n) is 7.51. The monoisotopic (exact) mass is 429 g/mol. The Morgan fingerprint density at radius 1 is 1.15 bits per heavy atom. The summed E-state index contributed by atoms with van der Waals surface area (Å²) < 4.78 is 38.9. The summed E-state index contributed by atoms with van der Waals surface area (Å²) in [5.41, 5.74) is -0.0531. The third kappa shape index (κ3) is 5.21. The molecule has 2 aromatic carbocycles. The SMILES string of the molecule is O=C(Nc1nnc(SCc2ccccc2Cl)s1)c1cccc(C(F)(F)F)c1. The summed E-state index contributed by atoms with van der Waals surface area (Å²) >= 11 is 8.63. The first kappa shape index (κ1) is 19.7. The van der Waals surface area contributed by atoms with Gasteiger partial charge in [0.25, 0.3) is 5.91 Å². The van der Waals surface area contributed by atoms with Gasteiger partial charge in [0.15, 0.2) is 4.34 Å². The lowest BCUT2D eigenvalue weighted by molar-refractivity contribution is -0.137. The maximum atomic E-state index is 12.8.